The number of thioether (sulfide) groups is 1. The number of carbonyl (C=O) groups is 1. The number of hydrogen-bond acceptors (Lipinski definition) is 8. The van der Waals surface area contributed by atoms with Crippen molar-refractivity contribution in [3.05, 3.63) is 90.1 Å². The lowest BCUT2D eigenvalue weighted by Gasteiger charge is -2.08. The summed E-state index contributed by atoms with van der Waals surface area (Å²) in [6, 6.07) is 18.6. The van der Waals surface area contributed by atoms with E-state index < -0.39 is 0 Å². The van der Waals surface area contributed by atoms with E-state index in [1.807, 2.05) is 42.5 Å². The zero-order chi connectivity index (χ0) is 21.8. The second-order valence-corrected chi connectivity index (χ2v) is 7.75. The first-order valence-electron chi connectivity index (χ1n) is 9.84. The first-order valence-corrected chi connectivity index (χ1v) is 10.8. The molecule has 5 aromatic rings. The van der Waals surface area contributed by atoms with Gasteiger partial charge in [-0.3, -0.25) is 9.78 Å². The number of aromatic nitrogens is 4. The Morgan fingerprint density at radius 3 is 2.66 bits per heavy atom. The Morgan fingerprint density at radius 2 is 1.78 bits per heavy atom. The van der Waals surface area contributed by atoms with Crippen LogP contribution in [0.1, 0.15) is 21.8 Å². The minimum absolute atomic E-state index is 0.128. The van der Waals surface area contributed by atoms with Crippen LogP contribution in [0.3, 0.4) is 0 Å². The van der Waals surface area contributed by atoms with Crippen molar-refractivity contribution in [1.82, 2.24) is 25.4 Å². The van der Waals surface area contributed by atoms with Crippen LogP contribution in [0.5, 0.6) is 0 Å². The summed E-state index contributed by atoms with van der Waals surface area (Å²) in [6.07, 6.45) is 3.31. The van der Waals surface area contributed by atoms with Gasteiger partial charge in [0.15, 0.2) is 5.58 Å². The van der Waals surface area contributed by atoms with E-state index in [0.29, 0.717) is 28.3 Å². The standard InChI is InChI=1S/C23H17N5O3S/c29-22(25-13-20-27-21(28-31-20)15-9-11-24-12-10-15)17-6-2-1-5-16(17)14-32-23-26-18-7-3-4-8-19(18)30-23/h1-12H,13-14H2,(H,25,29). The van der Waals surface area contributed by atoms with Gasteiger partial charge in [0.2, 0.25) is 11.7 Å². The van der Waals surface area contributed by atoms with Gasteiger partial charge in [-0.05, 0) is 35.9 Å². The number of benzene rings is 2. The van der Waals surface area contributed by atoms with Gasteiger partial charge in [-0.25, -0.2) is 4.98 Å². The van der Waals surface area contributed by atoms with Crippen molar-refractivity contribution >= 4 is 28.8 Å². The smallest absolute Gasteiger partial charge is 0.257 e. The van der Waals surface area contributed by atoms with Crippen LogP contribution in [-0.2, 0) is 12.3 Å². The van der Waals surface area contributed by atoms with E-state index in [9.17, 15) is 4.79 Å². The molecular weight excluding hydrogens is 426 g/mol. The first-order chi connectivity index (χ1) is 15.8. The van der Waals surface area contributed by atoms with Crippen LogP contribution in [-0.4, -0.2) is 26.0 Å². The van der Waals surface area contributed by atoms with Crippen molar-refractivity contribution in [2.45, 2.75) is 17.5 Å². The number of para-hydroxylation sites is 2. The molecule has 0 fully saturated rings. The van der Waals surface area contributed by atoms with Crippen molar-refractivity contribution in [1.29, 1.82) is 0 Å². The van der Waals surface area contributed by atoms with Gasteiger partial charge < -0.3 is 14.3 Å². The lowest BCUT2D eigenvalue weighted by molar-refractivity contribution is 0.0945. The molecule has 2 aromatic carbocycles. The molecule has 0 aliphatic rings. The molecular formula is C23H17N5O3S. The van der Waals surface area contributed by atoms with E-state index >= 15 is 0 Å². The average Bonchev–Trinajstić information content (AvgIpc) is 3.49. The van der Waals surface area contributed by atoms with Gasteiger partial charge in [0, 0.05) is 29.3 Å². The first kappa shape index (κ1) is 20.0. The molecule has 0 aliphatic carbocycles. The lowest BCUT2D eigenvalue weighted by Crippen LogP contribution is -2.24. The maximum Gasteiger partial charge on any atom is 0.257 e. The van der Waals surface area contributed by atoms with Crippen LogP contribution in [0, 0.1) is 0 Å². The Balaban J connectivity index is 1.24. The quantitative estimate of drug-likeness (QED) is 0.367. The molecule has 3 aromatic heterocycles. The van der Waals surface area contributed by atoms with Crippen LogP contribution in [0.15, 0.2) is 87.2 Å². The summed E-state index contributed by atoms with van der Waals surface area (Å²) < 4.78 is 11.0. The molecule has 158 valence electrons. The summed E-state index contributed by atoms with van der Waals surface area (Å²) >= 11 is 1.44. The van der Waals surface area contributed by atoms with E-state index in [4.69, 9.17) is 8.94 Å². The van der Waals surface area contributed by atoms with Gasteiger partial charge >= 0.3 is 0 Å². The molecule has 8 nitrogen and oxygen atoms in total. The monoisotopic (exact) mass is 443 g/mol. The number of nitrogens with one attached hydrogen (secondary N) is 1. The predicted molar refractivity (Wildman–Crippen MR) is 119 cm³/mol. The van der Waals surface area contributed by atoms with Crippen molar-refractivity contribution in [2.75, 3.05) is 0 Å². The highest BCUT2D eigenvalue weighted by Gasteiger charge is 2.15. The molecule has 0 bridgehead atoms. The van der Waals surface area contributed by atoms with Gasteiger partial charge in [-0.2, -0.15) is 4.98 Å². The van der Waals surface area contributed by atoms with Crippen LogP contribution in [0.25, 0.3) is 22.5 Å². The third-order valence-electron chi connectivity index (χ3n) is 4.69. The SMILES string of the molecule is O=C(NCc1nc(-c2ccncc2)no1)c1ccccc1CSc1nc2ccccc2o1. The molecule has 0 spiro atoms. The average molecular weight is 443 g/mol. The molecule has 5 rings (SSSR count). The van der Waals surface area contributed by atoms with Crippen molar-refractivity contribution in [3.8, 4) is 11.4 Å². The van der Waals surface area contributed by atoms with Crippen LogP contribution < -0.4 is 5.32 Å². The number of hydrogen-bond donors (Lipinski definition) is 1. The van der Waals surface area contributed by atoms with E-state index in [0.717, 1.165) is 22.2 Å². The number of pyridine rings is 1. The minimum Gasteiger partial charge on any atom is -0.431 e. The van der Waals surface area contributed by atoms with E-state index in [1.165, 1.54) is 11.8 Å². The third kappa shape index (κ3) is 4.37. The van der Waals surface area contributed by atoms with E-state index in [2.05, 4.69) is 25.4 Å². The van der Waals surface area contributed by atoms with Crippen LogP contribution in [0.2, 0.25) is 0 Å². The van der Waals surface area contributed by atoms with Crippen LogP contribution in [0.4, 0.5) is 0 Å². The van der Waals surface area contributed by atoms with E-state index in [-0.39, 0.29) is 12.5 Å². The summed E-state index contributed by atoms with van der Waals surface area (Å²) in [5.74, 6) is 1.10. The van der Waals surface area contributed by atoms with Crippen molar-refractivity contribution in [3.63, 3.8) is 0 Å². The van der Waals surface area contributed by atoms with Gasteiger partial charge in [-0.1, -0.05) is 47.3 Å². The Bertz CT molecular complexity index is 1330. The predicted octanol–water partition coefficient (Wildman–Crippen LogP) is 4.50. The molecule has 0 aliphatic heterocycles. The summed E-state index contributed by atoms with van der Waals surface area (Å²) in [6.45, 7) is 0.128. The molecule has 3 heterocycles. The largest absolute Gasteiger partial charge is 0.431 e. The Morgan fingerprint density at radius 1 is 0.969 bits per heavy atom. The van der Waals surface area contributed by atoms with E-state index in [1.54, 1.807) is 30.6 Å². The molecule has 1 N–H and O–H groups in total. The number of oxazole rings is 1. The number of carbonyl (C=O) groups excluding carboxylic acids is 1. The zero-order valence-corrected chi connectivity index (χ0v) is 17.6. The summed E-state index contributed by atoms with van der Waals surface area (Å²) in [4.78, 5) is 25.6. The molecule has 0 saturated carbocycles. The number of rotatable bonds is 7. The highest BCUT2D eigenvalue weighted by atomic mass is 32.2. The molecule has 0 radical (unpaired) electrons. The number of fused-ring (bicyclic) bond motifs is 1. The topological polar surface area (TPSA) is 107 Å². The minimum atomic E-state index is -0.220. The number of nitrogens with zero attached hydrogens (tertiary/aromatic N) is 4. The van der Waals surface area contributed by atoms with Gasteiger partial charge in [0.1, 0.15) is 5.52 Å². The van der Waals surface area contributed by atoms with Crippen LogP contribution >= 0.6 is 11.8 Å². The van der Waals surface area contributed by atoms with Gasteiger partial charge in [-0.15, -0.1) is 0 Å². The zero-order valence-electron chi connectivity index (χ0n) is 16.8. The Hall–Kier alpha value is -3.98. The summed E-state index contributed by atoms with van der Waals surface area (Å²) in [5, 5.41) is 7.36. The van der Waals surface area contributed by atoms with Crippen molar-refractivity contribution in [2.24, 2.45) is 0 Å². The molecule has 0 atom stereocenters. The molecule has 32 heavy (non-hydrogen) atoms. The molecule has 0 saturated heterocycles. The Labute approximate surface area is 187 Å². The maximum atomic E-state index is 12.8. The normalized spacial score (nSPS) is 11.0. The second-order valence-electron chi connectivity index (χ2n) is 6.82. The lowest BCUT2D eigenvalue weighted by atomic mass is 10.1. The fourth-order valence-electron chi connectivity index (χ4n) is 3.12. The second kappa shape index (κ2) is 9.03. The Kier molecular flexibility index (Phi) is 5.63. The van der Waals surface area contributed by atoms with Gasteiger partial charge in [0.05, 0.1) is 6.54 Å². The highest BCUT2D eigenvalue weighted by Crippen LogP contribution is 2.27. The molecule has 9 heteroatoms. The fraction of sp³-hybridized carbons (Fsp3) is 0.0870. The number of amides is 1. The fourth-order valence-corrected chi connectivity index (χ4v) is 3.96. The van der Waals surface area contributed by atoms with Crippen molar-refractivity contribution < 1.29 is 13.7 Å². The highest BCUT2D eigenvalue weighted by molar-refractivity contribution is 7.98. The summed E-state index contributed by atoms with van der Waals surface area (Å²) in [7, 11) is 0. The summed E-state index contributed by atoms with van der Waals surface area (Å²) in [5.41, 5.74) is 3.80. The maximum absolute atomic E-state index is 12.8. The third-order valence-corrected chi connectivity index (χ3v) is 5.57. The molecule has 0 unspecified atom stereocenters. The molecule has 1 amide bonds. The van der Waals surface area contributed by atoms with Gasteiger partial charge in [0.25, 0.3) is 11.1 Å².